The molecular weight excluding hydrogens is 336 g/mol. The number of carbonyl (C=O) groups is 1. The Bertz CT molecular complexity index is 1000. The molecule has 0 aliphatic heterocycles. The van der Waals surface area contributed by atoms with Crippen LogP contribution in [0.25, 0.3) is 11.4 Å². The van der Waals surface area contributed by atoms with Crippen molar-refractivity contribution in [1.82, 2.24) is 9.13 Å². The minimum atomic E-state index is -1.11. The number of carboxylic acids is 1. The van der Waals surface area contributed by atoms with Crippen LogP contribution in [0.15, 0.2) is 59.5 Å². The molecule has 7 nitrogen and oxygen atoms in total. The average Bonchev–Trinajstić information content (AvgIpc) is 2.89. The zero-order valence-corrected chi connectivity index (χ0v) is 14.3. The van der Waals surface area contributed by atoms with Crippen molar-refractivity contribution in [3.05, 3.63) is 70.8 Å². The van der Waals surface area contributed by atoms with Crippen molar-refractivity contribution in [1.29, 1.82) is 0 Å². The molecule has 0 aliphatic carbocycles. The van der Waals surface area contributed by atoms with Crippen LogP contribution in [0.4, 0.5) is 0 Å². The lowest BCUT2D eigenvalue weighted by atomic mass is 10.2. The summed E-state index contributed by atoms with van der Waals surface area (Å²) in [5, 5.41) is 19.3. The van der Waals surface area contributed by atoms with E-state index in [1.54, 1.807) is 30.3 Å². The SMILES string of the molecule is CC(C)Oc1ccc(-n2cc(O)n(-c3cccc(C(=O)O)c3)c2=O)cc1. The Morgan fingerprint density at radius 3 is 2.38 bits per heavy atom. The van der Waals surface area contributed by atoms with E-state index in [1.807, 2.05) is 13.8 Å². The maximum absolute atomic E-state index is 12.7. The Labute approximate surface area is 149 Å². The normalized spacial score (nSPS) is 10.9. The van der Waals surface area contributed by atoms with Gasteiger partial charge in [0, 0.05) is 0 Å². The van der Waals surface area contributed by atoms with Gasteiger partial charge in [-0.2, -0.15) is 0 Å². The van der Waals surface area contributed by atoms with E-state index in [0.29, 0.717) is 11.4 Å². The summed E-state index contributed by atoms with van der Waals surface area (Å²) in [5.74, 6) is -0.728. The summed E-state index contributed by atoms with van der Waals surface area (Å²) in [6.07, 6.45) is 1.32. The molecule has 0 unspecified atom stereocenters. The van der Waals surface area contributed by atoms with Crippen molar-refractivity contribution in [3.8, 4) is 23.0 Å². The fourth-order valence-corrected chi connectivity index (χ4v) is 2.60. The van der Waals surface area contributed by atoms with Crippen molar-refractivity contribution in [3.63, 3.8) is 0 Å². The van der Waals surface area contributed by atoms with Gasteiger partial charge in [-0.25, -0.2) is 14.2 Å². The summed E-state index contributed by atoms with van der Waals surface area (Å²) in [7, 11) is 0. The number of hydrogen-bond donors (Lipinski definition) is 2. The number of nitrogens with zero attached hydrogens (tertiary/aromatic N) is 2. The van der Waals surface area contributed by atoms with Gasteiger partial charge in [0.15, 0.2) is 0 Å². The second kappa shape index (κ2) is 6.79. The van der Waals surface area contributed by atoms with Gasteiger partial charge in [-0.3, -0.25) is 4.57 Å². The number of benzene rings is 2. The summed E-state index contributed by atoms with van der Waals surface area (Å²) in [4.78, 5) is 23.8. The number of carboxylic acid groups (broad SMARTS) is 1. The average molecular weight is 354 g/mol. The molecule has 0 radical (unpaired) electrons. The van der Waals surface area contributed by atoms with E-state index in [-0.39, 0.29) is 23.2 Å². The third-order valence-corrected chi connectivity index (χ3v) is 3.71. The molecule has 0 aliphatic rings. The van der Waals surface area contributed by atoms with Gasteiger partial charge in [-0.1, -0.05) is 6.07 Å². The molecule has 1 aromatic heterocycles. The Morgan fingerprint density at radius 1 is 1.08 bits per heavy atom. The molecule has 0 spiro atoms. The molecule has 7 heteroatoms. The van der Waals surface area contributed by atoms with Gasteiger partial charge in [0.25, 0.3) is 0 Å². The number of aromatic nitrogens is 2. The lowest BCUT2D eigenvalue weighted by Crippen LogP contribution is -2.22. The maximum atomic E-state index is 12.7. The topological polar surface area (TPSA) is 93.7 Å². The molecule has 0 atom stereocenters. The van der Waals surface area contributed by atoms with E-state index >= 15 is 0 Å². The van der Waals surface area contributed by atoms with Crippen molar-refractivity contribution in [2.75, 3.05) is 0 Å². The fraction of sp³-hybridized carbons (Fsp3) is 0.158. The molecule has 0 saturated carbocycles. The van der Waals surface area contributed by atoms with E-state index in [2.05, 4.69) is 0 Å². The molecule has 2 N–H and O–H groups in total. The van der Waals surface area contributed by atoms with Gasteiger partial charge in [-0.05, 0) is 56.3 Å². The highest BCUT2D eigenvalue weighted by Gasteiger charge is 2.15. The number of ether oxygens (including phenoxy) is 1. The Morgan fingerprint density at radius 2 is 1.77 bits per heavy atom. The zero-order valence-electron chi connectivity index (χ0n) is 14.3. The molecule has 0 bridgehead atoms. The molecule has 1 heterocycles. The monoisotopic (exact) mass is 354 g/mol. The van der Waals surface area contributed by atoms with Crippen LogP contribution in [0.1, 0.15) is 24.2 Å². The molecule has 0 saturated heterocycles. The number of aromatic carboxylic acids is 1. The van der Waals surface area contributed by atoms with Crippen molar-refractivity contribution in [2.24, 2.45) is 0 Å². The van der Waals surface area contributed by atoms with E-state index in [9.17, 15) is 14.7 Å². The fourth-order valence-electron chi connectivity index (χ4n) is 2.60. The molecule has 0 amide bonds. The Kier molecular flexibility index (Phi) is 4.53. The molecule has 2 aromatic carbocycles. The van der Waals surface area contributed by atoms with Crippen LogP contribution in [-0.2, 0) is 0 Å². The summed E-state index contributed by atoms with van der Waals surface area (Å²) >= 11 is 0. The van der Waals surface area contributed by atoms with Crippen LogP contribution >= 0.6 is 0 Å². The first kappa shape index (κ1) is 17.3. The van der Waals surface area contributed by atoms with Gasteiger partial charge in [0.2, 0.25) is 5.88 Å². The summed E-state index contributed by atoms with van der Waals surface area (Å²) in [6, 6.07) is 12.7. The van der Waals surface area contributed by atoms with Gasteiger partial charge < -0.3 is 14.9 Å². The molecule has 3 aromatic rings. The Hall–Kier alpha value is -3.48. The third-order valence-electron chi connectivity index (χ3n) is 3.71. The van der Waals surface area contributed by atoms with Crippen molar-refractivity contribution < 1.29 is 19.7 Å². The maximum Gasteiger partial charge on any atom is 0.340 e. The predicted molar refractivity (Wildman–Crippen MR) is 95.8 cm³/mol. The first-order valence-corrected chi connectivity index (χ1v) is 8.01. The van der Waals surface area contributed by atoms with Crippen LogP contribution < -0.4 is 10.4 Å². The quantitative estimate of drug-likeness (QED) is 0.735. The second-order valence-electron chi connectivity index (χ2n) is 5.99. The molecule has 3 rings (SSSR count). The number of hydrogen-bond acceptors (Lipinski definition) is 4. The van der Waals surface area contributed by atoms with E-state index in [1.165, 1.54) is 29.0 Å². The number of rotatable bonds is 5. The lowest BCUT2D eigenvalue weighted by Gasteiger charge is -2.10. The minimum absolute atomic E-state index is 0.0248. The van der Waals surface area contributed by atoms with Gasteiger partial charge >= 0.3 is 11.7 Å². The van der Waals surface area contributed by atoms with Crippen LogP contribution in [0.2, 0.25) is 0 Å². The minimum Gasteiger partial charge on any atom is -0.493 e. The number of aromatic hydroxyl groups is 1. The first-order chi connectivity index (χ1) is 12.4. The van der Waals surface area contributed by atoms with Gasteiger partial charge in [0.05, 0.1) is 29.2 Å². The van der Waals surface area contributed by atoms with Gasteiger partial charge in [-0.15, -0.1) is 0 Å². The van der Waals surface area contributed by atoms with Crippen molar-refractivity contribution in [2.45, 2.75) is 20.0 Å². The van der Waals surface area contributed by atoms with Crippen molar-refractivity contribution >= 4 is 5.97 Å². The molecular formula is C19H18N2O5. The second-order valence-corrected chi connectivity index (χ2v) is 5.99. The summed E-state index contributed by atoms with van der Waals surface area (Å²) in [5.41, 5.74) is 0.333. The lowest BCUT2D eigenvalue weighted by molar-refractivity contribution is 0.0697. The van der Waals surface area contributed by atoms with E-state index < -0.39 is 11.7 Å². The van der Waals surface area contributed by atoms with E-state index in [0.717, 1.165) is 4.57 Å². The van der Waals surface area contributed by atoms with Crippen LogP contribution in [0, 0.1) is 0 Å². The summed E-state index contributed by atoms with van der Waals surface area (Å²) in [6.45, 7) is 3.84. The highest BCUT2D eigenvalue weighted by Crippen LogP contribution is 2.20. The summed E-state index contributed by atoms with van der Waals surface area (Å²) < 4.78 is 7.90. The Balaban J connectivity index is 2.02. The highest BCUT2D eigenvalue weighted by molar-refractivity contribution is 5.88. The van der Waals surface area contributed by atoms with E-state index in [4.69, 9.17) is 9.84 Å². The predicted octanol–water partition coefficient (Wildman–Crippen LogP) is 2.82. The standard InChI is InChI=1S/C19H18N2O5/c1-12(2)26-16-8-6-14(7-9-16)20-11-17(22)21(19(20)25)15-5-3-4-13(10-15)18(23)24/h3-12,22H,1-2H3,(H,23,24). The molecule has 134 valence electrons. The largest absolute Gasteiger partial charge is 0.493 e. The smallest absolute Gasteiger partial charge is 0.340 e. The van der Waals surface area contributed by atoms with Crippen LogP contribution in [0.3, 0.4) is 0 Å². The highest BCUT2D eigenvalue weighted by atomic mass is 16.5. The van der Waals surface area contributed by atoms with Crippen LogP contribution in [-0.4, -0.2) is 31.4 Å². The molecule has 0 fully saturated rings. The first-order valence-electron chi connectivity index (χ1n) is 8.01. The molecule has 26 heavy (non-hydrogen) atoms. The van der Waals surface area contributed by atoms with Crippen LogP contribution in [0.5, 0.6) is 11.6 Å². The third kappa shape index (κ3) is 3.32. The van der Waals surface area contributed by atoms with Gasteiger partial charge in [0.1, 0.15) is 5.75 Å². The zero-order chi connectivity index (χ0) is 18.8. The number of imidazole rings is 1.